The van der Waals surface area contributed by atoms with Crippen LogP contribution in [0.3, 0.4) is 0 Å². The van der Waals surface area contributed by atoms with Crippen molar-refractivity contribution in [1.29, 1.82) is 0 Å². The van der Waals surface area contributed by atoms with E-state index in [1.54, 1.807) is 138 Å². The number of amides is 4. The monoisotopic (exact) mass is 1970 g/mol. The Balaban J connectivity index is 0.000000166. The highest BCUT2D eigenvalue weighted by Crippen LogP contribution is 2.37. The number of carboxylic acids is 1. The number of aromatic carboxylic acids is 1. The van der Waals surface area contributed by atoms with Crippen LogP contribution in [-0.2, 0) is 18.9 Å². The topological polar surface area (TPSA) is 542 Å². The fourth-order valence-corrected chi connectivity index (χ4v) is 15.5. The number of fused-ring (bicyclic) bond motifs is 4. The van der Waals surface area contributed by atoms with E-state index >= 15 is 0 Å². The van der Waals surface area contributed by atoms with E-state index < -0.39 is 71.1 Å². The van der Waals surface area contributed by atoms with Gasteiger partial charge in [-0.15, -0.1) is 22.7 Å². The van der Waals surface area contributed by atoms with Crippen molar-refractivity contribution >= 4 is 168 Å². The van der Waals surface area contributed by atoms with Crippen molar-refractivity contribution in [3.63, 3.8) is 0 Å². The molecule has 4 saturated carbocycles. The van der Waals surface area contributed by atoms with Crippen LogP contribution in [0.25, 0.3) is 32.9 Å². The van der Waals surface area contributed by atoms with Gasteiger partial charge in [0.25, 0.3) is 11.1 Å². The lowest BCUT2D eigenvalue weighted by Gasteiger charge is -2.31. The third-order valence-corrected chi connectivity index (χ3v) is 23.9. The van der Waals surface area contributed by atoms with E-state index in [4.69, 9.17) is 75.4 Å². The van der Waals surface area contributed by atoms with Crippen molar-refractivity contribution in [1.82, 2.24) is 77.5 Å². The molecule has 728 valence electrons. The Morgan fingerprint density at radius 2 is 0.750 bits per heavy atom. The summed E-state index contributed by atoms with van der Waals surface area (Å²) >= 11 is 21.0. The third kappa shape index (κ3) is 25.8. The van der Waals surface area contributed by atoms with Gasteiger partial charge in [-0.3, -0.25) is 52.7 Å². The average Bonchev–Trinajstić information content (AvgIpc) is 1.63. The molecule has 3 unspecified atom stereocenters. The van der Waals surface area contributed by atoms with Crippen molar-refractivity contribution in [2.45, 2.75) is 220 Å². The van der Waals surface area contributed by atoms with Gasteiger partial charge >= 0.3 is 30.3 Å². The van der Waals surface area contributed by atoms with Crippen LogP contribution in [0.15, 0.2) is 108 Å². The molecule has 4 aliphatic carbocycles. The first-order valence-electron chi connectivity index (χ1n) is 43.1. The van der Waals surface area contributed by atoms with E-state index in [0.717, 1.165) is 60.9 Å². The van der Waals surface area contributed by atoms with E-state index in [1.807, 2.05) is 13.8 Å². The number of aryl methyl sites for hydroxylation is 2. The highest BCUT2D eigenvalue weighted by atomic mass is 35.5. The molecule has 0 radical (unpaired) electrons. The van der Waals surface area contributed by atoms with Gasteiger partial charge < -0.3 is 61.3 Å². The van der Waals surface area contributed by atoms with Crippen molar-refractivity contribution in [3.05, 3.63) is 166 Å². The van der Waals surface area contributed by atoms with Crippen molar-refractivity contribution < 1.29 is 82.8 Å². The quantitative estimate of drug-likeness (QED) is 0.0225. The van der Waals surface area contributed by atoms with Crippen molar-refractivity contribution in [2.75, 3.05) is 58.8 Å². The number of halogens is 3. The maximum absolute atomic E-state index is 13.3. The van der Waals surface area contributed by atoms with Gasteiger partial charge in [0.05, 0.1) is 71.6 Å². The van der Waals surface area contributed by atoms with Gasteiger partial charge in [-0.2, -0.15) is 38.5 Å². The Bertz CT molecular complexity index is 6420. The van der Waals surface area contributed by atoms with Crippen LogP contribution in [0.4, 0.5) is 59.6 Å². The van der Waals surface area contributed by atoms with Gasteiger partial charge in [0.15, 0.2) is 50.2 Å². The van der Waals surface area contributed by atoms with Gasteiger partial charge in [-0.25, -0.2) is 53.9 Å². The number of aliphatic hydroxyl groups excluding tert-OH is 4. The summed E-state index contributed by atoms with van der Waals surface area (Å²) in [4.78, 5) is 157. The minimum Gasteiger partial charge on any atom is -0.477 e. The number of aliphatic hydroxyl groups is 4. The maximum atomic E-state index is 13.3. The highest BCUT2D eigenvalue weighted by Gasteiger charge is 2.38. The van der Waals surface area contributed by atoms with Crippen LogP contribution in [0.5, 0.6) is 0 Å². The molecule has 12 aromatic rings. The van der Waals surface area contributed by atoms with Crippen LogP contribution < -0.4 is 47.5 Å². The summed E-state index contributed by atoms with van der Waals surface area (Å²) in [5.41, 5.74) is 9.53. The van der Waals surface area contributed by atoms with Crippen LogP contribution in [0, 0.1) is 31.6 Å². The Hall–Kier alpha value is -12.5. The normalized spacial score (nSPS) is 17.7. The molecule has 10 N–H and O–H groups in total. The number of ether oxygens (including phenoxy) is 4. The summed E-state index contributed by atoms with van der Waals surface area (Å²) in [6, 6.07) is 12.6. The van der Waals surface area contributed by atoms with E-state index in [0.29, 0.717) is 39.4 Å². The fraction of sp³-hybridized carbons (Fsp3) is 0.461. The molecule has 47 heteroatoms. The van der Waals surface area contributed by atoms with Crippen LogP contribution >= 0.6 is 57.5 Å². The van der Waals surface area contributed by atoms with Crippen LogP contribution in [0.2, 0.25) is 15.5 Å². The number of carboxylic acid groups (broad SMARTS) is 1. The maximum Gasteiger partial charge on any atom is 0.415 e. The number of nitrogens with two attached hydrogens (primary N) is 2. The Labute approximate surface area is 803 Å². The average molecular weight is 1980 g/mol. The lowest BCUT2D eigenvalue weighted by molar-refractivity contribution is 0.0199. The second kappa shape index (κ2) is 42.8. The molecule has 42 nitrogen and oxygen atoms in total. The zero-order valence-corrected chi connectivity index (χ0v) is 82.0. The first-order valence-corrected chi connectivity index (χ1v) is 45.9. The van der Waals surface area contributed by atoms with Gasteiger partial charge in [0.2, 0.25) is 0 Å². The number of carbonyl (C=O) groups excluding carboxylic acids is 7. The summed E-state index contributed by atoms with van der Waals surface area (Å²) in [7, 11) is 6.07. The minimum absolute atomic E-state index is 0.0319. The van der Waals surface area contributed by atoms with Crippen molar-refractivity contribution in [2.24, 2.45) is 23.5 Å². The number of nitrogen functional groups attached to an aromatic ring is 1. The summed E-state index contributed by atoms with van der Waals surface area (Å²) in [5, 5.41) is 68.4. The second-order valence-corrected chi connectivity index (χ2v) is 40.3. The number of rotatable bonds is 18. The standard InChI is InChI=1S/C27H31N7O5S.2C18H23ClN4O4.C13H15ClN4O4.C9H9N3OS.C4H9NO/c1-15-13-28-25(40-15)33-10-6-7-18(24(33)37)30-21-12-22(32(5)26(38)39-27(2,3)4)34-23(31-21)17(14-29-34)20(36)11-16-8-9-19(16)35;2*1-18(2,3)27-17(26)22(4)15-8-14(19)21-16-11(9-20-23(15)16)13(25)7-10-5-6-12(10)24;1-13(2,3)22-12(21)17(4)9-5-8(14)16-10-7(11(19)20)6-15-18(9)10;1-6-5-11-9(14-6)12-4-2-3-7(10)8(12)13;5-3-1-2-4(3)6/h6-7,10,12-14,16,19,35H,8-9,11H2,1-5H3,(H,30,31);2*8-10,12,24H,5-7H2,1-4H3;5-6H,1-4H3,(H,19,20);2-5H,10H2,1H3;3-4,6H,1-2,5H2/t16?,19-;2*10?,12-;;;3-,4-/m111..1/s1. The van der Waals surface area contributed by atoms with Crippen molar-refractivity contribution in [3.8, 4) is 10.3 Å². The Morgan fingerprint density at radius 3 is 1.03 bits per heavy atom. The lowest BCUT2D eigenvalue weighted by atomic mass is 9.78. The zero-order chi connectivity index (χ0) is 100.0. The van der Waals surface area contributed by atoms with Gasteiger partial charge in [0.1, 0.15) is 78.2 Å². The minimum atomic E-state index is -1.18. The SMILES string of the molecule is CN(C(=O)OC(C)(C)C)c1cc(Cl)nc2c(C(=O)CC3CC[C@H]3O)cnn12.CN(C(=O)OC(C)(C)C)c1cc(Cl)nc2c(C(=O)CC3CC[C@H]3O)cnn12.CN(C(=O)OC(C)(C)C)c1cc(Cl)nc2c(C(=O)O)cnn12.Cc1cnc(-n2cccc(N)c2=O)s1.Cc1cnc(-n2cccc(Nc3cc(N(C)C(=O)OC(C)(C)C)n4ncc(C(=O)CC5CC[C@H]5O)c4n3)c2=O)s1.N[C@@H]1CC[C@H]1O. The molecule has 8 atom stereocenters. The summed E-state index contributed by atoms with van der Waals surface area (Å²) < 4.78 is 29.8. The van der Waals surface area contributed by atoms with Gasteiger partial charge in [0, 0.05) is 112 Å². The number of nitrogens with one attached hydrogen (secondary N) is 1. The summed E-state index contributed by atoms with van der Waals surface area (Å²) in [6.45, 7) is 25.0. The van der Waals surface area contributed by atoms with E-state index in [2.05, 4.69) is 55.6 Å². The molecule has 0 aliphatic heterocycles. The predicted octanol–water partition coefficient (Wildman–Crippen LogP) is 13.4. The second-order valence-electron chi connectivity index (χ2n) is 36.7. The Kier molecular flexibility index (Phi) is 32.7. The molecule has 0 aromatic carbocycles. The molecule has 0 bridgehead atoms. The molecule has 4 aliphatic rings. The number of hydrogen-bond donors (Lipinski definition) is 8. The van der Waals surface area contributed by atoms with E-state index in [1.165, 1.54) is 134 Å². The molecule has 0 spiro atoms. The molecule has 0 saturated heterocycles. The van der Waals surface area contributed by atoms with Gasteiger partial charge in [-0.05, 0) is 190 Å². The molecule has 136 heavy (non-hydrogen) atoms. The number of carbonyl (C=O) groups is 8. The smallest absolute Gasteiger partial charge is 0.415 e. The van der Waals surface area contributed by atoms with Gasteiger partial charge in [-0.1, -0.05) is 34.8 Å². The van der Waals surface area contributed by atoms with E-state index in [-0.39, 0.29) is 156 Å². The molecular weight excluding hydrogens is 1870 g/mol. The third-order valence-electron chi connectivity index (χ3n) is 21.5. The molecular formula is C89H110Cl3N23O19S2. The zero-order valence-electron chi connectivity index (χ0n) is 78.1. The molecule has 12 aromatic heterocycles. The first-order chi connectivity index (χ1) is 63.6. The molecule has 16 rings (SSSR count). The number of ketones is 3. The number of pyridine rings is 2. The Morgan fingerprint density at radius 1 is 0.449 bits per heavy atom. The largest absolute Gasteiger partial charge is 0.477 e. The number of anilines is 7. The number of Topliss-reactive ketones (excluding diaryl/α,β-unsaturated/α-hetero) is 3. The molecule has 4 fully saturated rings. The number of nitrogens with zero attached hydrogens (tertiary/aromatic N) is 20. The van der Waals surface area contributed by atoms with E-state index in [9.17, 15) is 63.3 Å². The first kappa shape index (κ1) is 104. The predicted molar refractivity (Wildman–Crippen MR) is 511 cm³/mol. The molecule has 12 heterocycles. The summed E-state index contributed by atoms with van der Waals surface area (Å²) in [6.07, 6.45) is 15.2. The molecule has 4 amide bonds. The summed E-state index contributed by atoms with van der Waals surface area (Å²) in [5.74, 6) is -0.468. The lowest BCUT2D eigenvalue weighted by Crippen LogP contribution is -2.43. The fourth-order valence-electron chi connectivity index (χ4n) is 13.5. The number of hydrogen-bond acceptors (Lipinski definition) is 33. The van der Waals surface area contributed by atoms with Crippen LogP contribution in [0.1, 0.15) is 205 Å². The number of aromatic nitrogens is 16. The highest BCUT2D eigenvalue weighted by molar-refractivity contribution is 7.14. The number of thiazole rings is 2. The van der Waals surface area contributed by atoms with Crippen LogP contribution in [-0.4, -0.2) is 232 Å².